The van der Waals surface area contributed by atoms with E-state index in [0.717, 1.165) is 27.3 Å². The Morgan fingerprint density at radius 1 is 1.10 bits per heavy atom. The predicted octanol–water partition coefficient (Wildman–Crippen LogP) is 4.41. The van der Waals surface area contributed by atoms with Crippen LogP contribution in [0, 0.1) is 12.8 Å². The second-order valence-electron chi connectivity index (χ2n) is 10.7. The highest BCUT2D eigenvalue weighted by molar-refractivity contribution is 7.13. The van der Waals surface area contributed by atoms with E-state index in [-0.39, 0.29) is 36.7 Å². The summed E-state index contributed by atoms with van der Waals surface area (Å²) in [5, 5.41) is 13.6. The number of likely N-dealkylation sites (tertiary alicyclic amines) is 1. The molecule has 2 amide bonds. The number of thiazole rings is 1. The average Bonchev–Trinajstić information content (AvgIpc) is 3.69. The van der Waals surface area contributed by atoms with E-state index in [1.807, 2.05) is 75.8 Å². The van der Waals surface area contributed by atoms with Crippen molar-refractivity contribution in [2.24, 2.45) is 5.92 Å². The molecule has 5 rings (SSSR count). The van der Waals surface area contributed by atoms with E-state index in [9.17, 15) is 14.7 Å². The summed E-state index contributed by atoms with van der Waals surface area (Å²) in [4.78, 5) is 43.0. The van der Waals surface area contributed by atoms with Crippen molar-refractivity contribution < 1.29 is 14.7 Å². The number of carbonyl (C=O) groups excluding carboxylic acids is 2. The van der Waals surface area contributed by atoms with Gasteiger partial charge < -0.3 is 19.9 Å². The molecule has 4 atom stereocenters. The van der Waals surface area contributed by atoms with Crippen LogP contribution >= 0.6 is 11.3 Å². The van der Waals surface area contributed by atoms with Crippen LogP contribution in [0.3, 0.4) is 0 Å². The molecule has 4 heterocycles. The van der Waals surface area contributed by atoms with Gasteiger partial charge in [-0.1, -0.05) is 38.1 Å². The van der Waals surface area contributed by atoms with E-state index < -0.39 is 18.2 Å². The molecule has 208 valence electrons. The van der Waals surface area contributed by atoms with Crippen molar-refractivity contribution in [1.29, 1.82) is 0 Å². The highest BCUT2D eigenvalue weighted by Crippen LogP contribution is 2.30. The van der Waals surface area contributed by atoms with Gasteiger partial charge in [0.1, 0.15) is 12.1 Å². The number of nitrogens with one attached hydrogen (secondary N) is 1. The number of rotatable bonds is 8. The fraction of sp³-hybridized carbons (Fsp3) is 0.367. The third kappa shape index (κ3) is 5.68. The molecular formula is C30H34N6O3S. The lowest BCUT2D eigenvalue weighted by Crippen LogP contribution is -2.49. The van der Waals surface area contributed by atoms with Crippen molar-refractivity contribution in [2.45, 2.75) is 58.3 Å². The van der Waals surface area contributed by atoms with Crippen LogP contribution in [-0.2, 0) is 9.59 Å². The number of benzene rings is 1. The summed E-state index contributed by atoms with van der Waals surface area (Å²) in [5.74, 6) is -0.549. The zero-order valence-corrected chi connectivity index (χ0v) is 23.9. The zero-order chi connectivity index (χ0) is 28.4. The monoisotopic (exact) mass is 558 g/mol. The van der Waals surface area contributed by atoms with Gasteiger partial charge in [-0.15, -0.1) is 11.3 Å². The summed E-state index contributed by atoms with van der Waals surface area (Å²) in [6.07, 6.45) is 6.34. The second-order valence-corrected chi connectivity index (χ2v) is 11.5. The molecule has 0 radical (unpaired) electrons. The van der Waals surface area contributed by atoms with Crippen molar-refractivity contribution in [2.75, 3.05) is 6.54 Å². The topological polar surface area (TPSA) is 113 Å². The molecule has 1 fully saturated rings. The number of aromatic nitrogens is 4. The van der Waals surface area contributed by atoms with Crippen LogP contribution in [0.4, 0.5) is 0 Å². The first kappa shape index (κ1) is 27.7. The van der Waals surface area contributed by atoms with Gasteiger partial charge in [0.05, 0.1) is 40.2 Å². The quantitative estimate of drug-likeness (QED) is 0.331. The molecule has 0 saturated carbocycles. The fourth-order valence-corrected chi connectivity index (χ4v) is 6.09. The number of aliphatic hydroxyl groups is 1. The number of aryl methyl sites for hydroxylation is 1. The van der Waals surface area contributed by atoms with Crippen LogP contribution in [0.25, 0.3) is 21.7 Å². The Morgan fingerprint density at radius 3 is 2.52 bits per heavy atom. The van der Waals surface area contributed by atoms with E-state index in [0.29, 0.717) is 5.69 Å². The standard InChI is InChI=1S/C30H34N6O3S/c1-18(2)27(35-15-25(32-16-35)23-6-5-11-31-13-23)30(39)36-14-24(37)12-26(36)29(38)34-19(3)21-7-9-22(10-8-21)28-20(4)33-17-40-28/h5-11,13,15-19,24,26-27,37H,12,14H2,1-4H3,(H,34,38)/t19-,24+,26-,27-/m0/s1. The SMILES string of the molecule is Cc1ncsc1-c1ccc([C@H](C)NC(=O)[C@@H]2C[C@@H](O)CN2C(=O)[C@H](C(C)C)n2cnc(-c3cccnc3)c2)cc1. The molecule has 0 bridgehead atoms. The van der Waals surface area contributed by atoms with Crippen molar-refractivity contribution in [3.63, 3.8) is 0 Å². The number of carbonyl (C=O) groups is 2. The predicted molar refractivity (Wildman–Crippen MR) is 154 cm³/mol. The zero-order valence-electron chi connectivity index (χ0n) is 23.1. The molecule has 0 aliphatic carbocycles. The van der Waals surface area contributed by atoms with Gasteiger partial charge in [-0.05, 0) is 43.0 Å². The maximum absolute atomic E-state index is 13.9. The minimum Gasteiger partial charge on any atom is -0.391 e. The van der Waals surface area contributed by atoms with Crippen LogP contribution in [-0.4, -0.2) is 60.0 Å². The number of imidazole rings is 1. The number of hydrogen-bond acceptors (Lipinski definition) is 7. The smallest absolute Gasteiger partial charge is 0.246 e. The number of hydrogen-bond donors (Lipinski definition) is 2. The fourth-order valence-electron chi connectivity index (χ4n) is 5.28. The minimum atomic E-state index is -0.765. The largest absolute Gasteiger partial charge is 0.391 e. The molecule has 1 aliphatic rings. The van der Waals surface area contributed by atoms with Crippen LogP contribution in [0.15, 0.2) is 66.8 Å². The Balaban J connectivity index is 1.30. The lowest BCUT2D eigenvalue weighted by Gasteiger charge is -2.31. The third-order valence-electron chi connectivity index (χ3n) is 7.41. The normalized spacial score (nSPS) is 18.6. The first-order valence-electron chi connectivity index (χ1n) is 13.5. The lowest BCUT2D eigenvalue weighted by atomic mass is 10.0. The average molecular weight is 559 g/mol. The van der Waals surface area contributed by atoms with Gasteiger partial charge >= 0.3 is 0 Å². The Hall–Kier alpha value is -3.89. The van der Waals surface area contributed by atoms with Gasteiger partial charge in [0.2, 0.25) is 11.8 Å². The van der Waals surface area contributed by atoms with E-state index in [1.165, 1.54) is 4.90 Å². The molecule has 10 heteroatoms. The number of nitrogens with zero attached hydrogens (tertiary/aromatic N) is 5. The van der Waals surface area contributed by atoms with Gasteiger partial charge in [-0.25, -0.2) is 9.97 Å². The van der Waals surface area contributed by atoms with Crippen LogP contribution in [0.1, 0.15) is 50.5 Å². The molecule has 1 aliphatic heterocycles. The highest BCUT2D eigenvalue weighted by atomic mass is 32.1. The third-order valence-corrected chi connectivity index (χ3v) is 8.38. The van der Waals surface area contributed by atoms with Gasteiger partial charge in [0.15, 0.2) is 0 Å². The maximum Gasteiger partial charge on any atom is 0.246 e. The van der Waals surface area contributed by atoms with Gasteiger partial charge in [-0.3, -0.25) is 14.6 Å². The lowest BCUT2D eigenvalue weighted by molar-refractivity contribution is -0.142. The summed E-state index contributed by atoms with van der Waals surface area (Å²) in [5.41, 5.74) is 6.44. The maximum atomic E-state index is 13.9. The van der Waals surface area contributed by atoms with E-state index in [4.69, 9.17) is 0 Å². The molecule has 40 heavy (non-hydrogen) atoms. The second kappa shape index (κ2) is 11.7. The van der Waals surface area contributed by atoms with Crippen LogP contribution < -0.4 is 5.32 Å². The van der Waals surface area contributed by atoms with E-state index in [1.54, 1.807) is 34.6 Å². The van der Waals surface area contributed by atoms with Gasteiger partial charge in [0, 0.05) is 37.1 Å². The molecule has 0 unspecified atom stereocenters. The van der Waals surface area contributed by atoms with E-state index >= 15 is 0 Å². The molecular weight excluding hydrogens is 524 g/mol. The first-order chi connectivity index (χ1) is 19.2. The van der Waals surface area contributed by atoms with Crippen molar-refractivity contribution in [1.82, 2.24) is 29.7 Å². The summed E-state index contributed by atoms with van der Waals surface area (Å²) in [6.45, 7) is 7.95. The number of amides is 2. The summed E-state index contributed by atoms with van der Waals surface area (Å²) < 4.78 is 1.80. The number of β-amino-alcohol motifs (C(OH)–C–C–N with tert-alkyl or cyclic N) is 1. The summed E-state index contributed by atoms with van der Waals surface area (Å²) >= 11 is 1.60. The van der Waals surface area contributed by atoms with Crippen molar-refractivity contribution >= 4 is 23.2 Å². The number of aliphatic hydroxyl groups excluding tert-OH is 1. The van der Waals surface area contributed by atoms with Crippen LogP contribution in [0.2, 0.25) is 0 Å². The van der Waals surface area contributed by atoms with Gasteiger partial charge in [0.25, 0.3) is 0 Å². The number of pyridine rings is 1. The van der Waals surface area contributed by atoms with Gasteiger partial charge in [-0.2, -0.15) is 0 Å². The Kier molecular flexibility index (Phi) is 8.09. The molecule has 2 N–H and O–H groups in total. The Morgan fingerprint density at radius 2 is 1.88 bits per heavy atom. The van der Waals surface area contributed by atoms with E-state index in [2.05, 4.69) is 20.3 Å². The minimum absolute atomic E-state index is 0.0653. The molecule has 1 aromatic carbocycles. The molecule has 1 saturated heterocycles. The first-order valence-corrected chi connectivity index (χ1v) is 14.3. The molecule has 4 aromatic rings. The summed E-state index contributed by atoms with van der Waals surface area (Å²) in [7, 11) is 0. The van der Waals surface area contributed by atoms with Crippen LogP contribution in [0.5, 0.6) is 0 Å². The Labute approximate surface area is 237 Å². The Bertz CT molecular complexity index is 1470. The van der Waals surface area contributed by atoms with Crippen molar-refractivity contribution in [3.8, 4) is 21.7 Å². The highest BCUT2D eigenvalue weighted by Gasteiger charge is 2.42. The van der Waals surface area contributed by atoms with Crippen molar-refractivity contribution in [3.05, 3.63) is 78.1 Å². The molecule has 3 aromatic heterocycles. The summed E-state index contributed by atoms with van der Waals surface area (Å²) in [6, 6.07) is 10.2. The molecule has 0 spiro atoms. The molecule has 9 nitrogen and oxygen atoms in total.